The van der Waals surface area contributed by atoms with Crippen molar-refractivity contribution < 1.29 is 18.7 Å². The van der Waals surface area contributed by atoms with Crippen LogP contribution in [0.15, 0.2) is 65.3 Å². The van der Waals surface area contributed by atoms with Gasteiger partial charge in [-0.25, -0.2) is 14.2 Å². The Balaban J connectivity index is 2.05. The second-order valence-corrected chi connectivity index (χ2v) is 5.44. The van der Waals surface area contributed by atoms with Gasteiger partial charge in [0.1, 0.15) is 17.2 Å². The van der Waals surface area contributed by atoms with Crippen LogP contribution in [0.3, 0.4) is 0 Å². The number of Topliss-reactive ketones (excluding diaryl/α,β-unsaturated/α-hetero) is 1. The van der Waals surface area contributed by atoms with Crippen molar-refractivity contribution in [1.82, 2.24) is 0 Å². The number of benzene rings is 2. The zero-order chi connectivity index (χ0) is 19.1. The molecular formula is C18H15ClFN3O3. The summed E-state index contributed by atoms with van der Waals surface area (Å²) in [6, 6.07) is 11.5. The van der Waals surface area contributed by atoms with Gasteiger partial charge in [0.05, 0.1) is 10.7 Å². The van der Waals surface area contributed by atoms with Gasteiger partial charge in [-0.05, 0) is 36.4 Å². The molecule has 0 aliphatic rings. The van der Waals surface area contributed by atoms with Gasteiger partial charge in [0.2, 0.25) is 5.78 Å². The summed E-state index contributed by atoms with van der Waals surface area (Å²) in [5.41, 5.74) is 11.5. The summed E-state index contributed by atoms with van der Waals surface area (Å²) >= 11 is 5.92. The average molecular weight is 376 g/mol. The van der Waals surface area contributed by atoms with E-state index in [1.54, 1.807) is 18.2 Å². The maximum Gasteiger partial charge on any atom is 0.343 e. The molecule has 0 saturated carbocycles. The summed E-state index contributed by atoms with van der Waals surface area (Å²) in [4.78, 5) is 28.1. The smallest absolute Gasteiger partial charge is 0.343 e. The van der Waals surface area contributed by atoms with E-state index in [4.69, 9.17) is 27.8 Å². The number of hydrogen-bond donors (Lipinski definition) is 2. The molecule has 26 heavy (non-hydrogen) atoms. The lowest BCUT2D eigenvalue weighted by Gasteiger charge is -2.08. The lowest BCUT2D eigenvalue weighted by atomic mass is 10.1. The molecule has 0 radical (unpaired) electrons. The van der Waals surface area contributed by atoms with Crippen LogP contribution in [-0.4, -0.2) is 24.2 Å². The molecule has 0 atom stereocenters. The van der Waals surface area contributed by atoms with Crippen LogP contribution in [0.4, 0.5) is 10.1 Å². The molecule has 0 aliphatic carbocycles. The van der Waals surface area contributed by atoms with Crippen molar-refractivity contribution in [3.63, 3.8) is 0 Å². The maximum atomic E-state index is 12.9. The monoisotopic (exact) mass is 375 g/mol. The Kier molecular flexibility index (Phi) is 6.46. The van der Waals surface area contributed by atoms with E-state index < -0.39 is 24.2 Å². The Morgan fingerprint density at radius 1 is 1.15 bits per heavy atom. The minimum absolute atomic E-state index is 0.221. The van der Waals surface area contributed by atoms with Gasteiger partial charge in [-0.3, -0.25) is 4.79 Å². The Morgan fingerprint density at radius 2 is 1.81 bits per heavy atom. The molecule has 2 rings (SSSR count). The highest BCUT2D eigenvalue weighted by atomic mass is 35.5. The van der Waals surface area contributed by atoms with Crippen molar-refractivity contribution in [2.45, 2.75) is 0 Å². The molecule has 2 aromatic carbocycles. The van der Waals surface area contributed by atoms with E-state index in [-0.39, 0.29) is 22.0 Å². The van der Waals surface area contributed by atoms with Gasteiger partial charge in [-0.15, -0.1) is 0 Å². The number of carbonyl (C=O) groups is 2. The van der Waals surface area contributed by atoms with Crippen molar-refractivity contribution >= 4 is 34.9 Å². The minimum Gasteiger partial charge on any atom is -0.454 e. The van der Waals surface area contributed by atoms with Crippen LogP contribution in [0.25, 0.3) is 0 Å². The molecule has 0 fully saturated rings. The first-order valence-corrected chi connectivity index (χ1v) is 7.77. The third-order valence-corrected chi connectivity index (χ3v) is 3.58. The summed E-state index contributed by atoms with van der Waals surface area (Å²) < 4.78 is 17.8. The minimum atomic E-state index is -0.920. The fourth-order valence-electron chi connectivity index (χ4n) is 1.95. The Hall–Kier alpha value is -3.19. The van der Waals surface area contributed by atoms with Crippen LogP contribution in [-0.2, 0) is 9.53 Å². The van der Waals surface area contributed by atoms with Crippen molar-refractivity contribution in [2.75, 3.05) is 6.61 Å². The highest BCUT2D eigenvalue weighted by Crippen LogP contribution is 2.16. The molecule has 0 spiro atoms. The number of ketones is 1. The number of nitrogens with two attached hydrogens (primary N) is 2. The van der Waals surface area contributed by atoms with E-state index in [0.717, 1.165) is 6.20 Å². The first-order valence-electron chi connectivity index (χ1n) is 7.39. The Bertz CT molecular complexity index is 880. The first-order chi connectivity index (χ1) is 12.4. The summed E-state index contributed by atoms with van der Waals surface area (Å²) in [6.07, 6.45) is 0.921. The second-order valence-electron chi connectivity index (χ2n) is 5.03. The SMILES string of the molecule is N/C=C(/C(=O)OCC(=O)c1ccccc1Cl)C(N)=Nc1ccc(F)cc1. The predicted octanol–water partition coefficient (Wildman–Crippen LogP) is 2.74. The van der Waals surface area contributed by atoms with E-state index >= 15 is 0 Å². The summed E-state index contributed by atoms with van der Waals surface area (Å²) in [5.74, 6) is -2.06. The van der Waals surface area contributed by atoms with E-state index in [9.17, 15) is 14.0 Å². The number of aliphatic imine (C=N–C) groups is 1. The molecule has 0 amide bonds. The van der Waals surface area contributed by atoms with Gasteiger partial charge >= 0.3 is 5.97 Å². The lowest BCUT2D eigenvalue weighted by molar-refractivity contribution is -0.137. The van der Waals surface area contributed by atoms with Crippen LogP contribution in [0.2, 0.25) is 5.02 Å². The van der Waals surface area contributed by atoms with Gasteiger partial charge in [-0.1, -0.05) is 23.7 Å². The van der Waals surface area contributed by atoms with Crippen LogP contribution >= 0.6 is 11.6 Å². The standard InChI is InChI=1S/C18H15ClFN3O3/c19-15-4-2-1-3-13(15)16(24)10-26-18(25)14(9-21)17(22)23-12-7-5-11(20)6-8-12/h1-9H,10,21H2,(H2,22,23)/b14-9+. The molecule has 0 heterocycles. The van der Waals surface area contributed by atoms with Gasteiger partial charge in [-0.2, -0.15) is 0 Å². The normalized spacial score (nSPS) is 11.9. The molecular weight excluding hydrogens is 361 g/mol. The zero-order valence-electron chi connectivity index (χ0n) is 13.5. The molecule has 134 valence electrons. The van der Waals surface area contributed by atoms with E-state index in [1.165, 1.54) is 30.3 Å². The highest BCUT2D eigenvalue weighted by molar-refractivity contribution is 6.34. The van der Waals surface area contributed by atoms with Crippen molar-refractivity contribution in [2.24, 2.45) is 16.5 Å². The van der Waals surface area contributed by atoms with E-state index in [2.05, 4.69) is 4.99 Å². The van der Waals surface area contributed by atoms with Gasteiger partial charge in [0, 0.05) is 11.8 Å². The largest absolute Gasteiger partial charge is 0.454 e. The first kappa shape index (κ1) is 19.1. The topological polar surface area (TPSA) is 108 Å². The predicted molar refractivity (Wildman–Crippen MR) is 96.7 cm³/mol. The average Bonchev–Trinajstić information content (AvgIpc) is 2.62. The van der Waals surface area contributed by atoms with Crippen molar-refractivity contribution in [1.29, 1.82) is 0 Å². The zero-order valence-corrected chi connectivity index (χ0v) is 14.2. The molecule has 4 N–H and O–H groups in total. The highest BCUT2D eigenvalue weighted by Gasteiger charge is 2.18. The summed E-state index contributed by atoms with van der Waals surface area (Å²) in [7, 11) is 0. The Morgan fingerprint density at radius 3 is 2.42 bits per heavy atom. The number of amidine groups is 1. The molecule has 0 aromatic heterocycles. The van der Waals surface area contributed by atoms with Crippen molar-refractivity contribution in [3.8, 4) is 0 Å². The summed E-state index contributed by atoms with van der Waals surface area (Å²) in [5, 5.41) is 0.250. The Labute approximate surface area is 153 Å². The molecule has 0 aliphatic heterocycles. The lowest BCUT2D eigenvalue weighted by Crippen LogP contribution is -2.25. The number of ether oxygens (including phenoxy) is 1. The maximum absolute atomic E-state index is 12.9. The fraction of sp³-hybridized carbons (Fsp3) is 0.0556. The number of nitrogens with zero attached hydrogens (tertiary/aromatic N) is 1. The van der Waals surface area contributed by atoms with Crippen LogP contribution < -0.4 is 11.5 Å². The molecule has 8 heteroatoms. The van der Waals surface area contributed by atoms with Crippen molar-refractivity contribution in [3.05, 3.63) is 76.7 Å². The number of esters is 1. The number of hydrogen-bond acceptors (Lipinski definition) is 5. The van der Waals surface area contributed by atoms with Gasteiger partial charge in [0.25, 0.3) is 0 Å². The molecule has 6 nitrogen and oxygen atoms in total. The van der Waals surface area contributed by atoms with Gasteiger partial charge in [0.15, 0.2) is 6.61 Å². The fourth-order valence-corrected chi connectivity index (χ4v) is 2.19. The molecule has 0 unspecified atom stereocenters. The third-order valence-electron chi connectivity index (χ3n) is 3.25. The van der Waals surface area contributed by atoms with Crippen LogP contribution in [0, 0.1) is 5.82 Å². The second kappa shape index (κ2) is 8.77. The number of halogens is 2. The quantitative estimate of drug-likeness (QED) is 0.265. The molecule has 0 saturated heterocycles. The van der Waals surface area contributed by atoms with Crippen LogP contribution in [0.1, 0.15) is 10.4 Å². The van der Waals surface area contributed by atoms with Crippen LogP contribution in [0.5, 0.6) is 0 Å². The molecule has 0 bridgehead atoms. The van der Waals surface area contributed by atoms with E-state index in [1.807, 2.05) is 0 Å². The van der Waals surface area contributed by atoms with E-state index in [0.29, 0.717) is 5.69 Å². The third kappa shape index (κ3) is 4.90. The molecule has 2 aromatic rings. The number of carbonyl (C=O) groups excluding carboxylic acids is 2. The van der Waals surface area contributed by atoms with Gasteiger partial charge < -0.3 is 16.2 Å². The summed E-state index contributed by atoms with van der Waals surface area (Å²) in [6.45, 7) is -0.538. The number of rotatable bonds is 6.